The predicted octanol–water partition coefficient (Wildman–Crippen LogP) is 3.12. The van der Waals surface area contributed by atoms with E-state index < -0.39 is 0 Å². The molecule has 0 aliphatic heterocycles. The van der Waals surface area contributed by atoms with Crippen LogP contribution in [0.15, 0.2) is 53.7 Å². The molecule has 0 amide bonds. The Kier molecular flexibility index (Phi) is 4.82. The highest BCUT2D eigenvalue weighted by atomic mass is 16.4. The predicted molar refractivity (Wildman–Crippen MR) is 86.9 cm³/mol. The van der Waals surface area contributed by atoms with Crippen LogP contribution in [0.4, 0.5) is 5.69 Å². The fourth-order valence-electron chi connectivity index (χ4n) is 2.34. The van der Waals surface area contributed by atoms with E-state index in [4.69, 9.17) is 10.9 Å². The quantitative estimate of drug-likeness (QED) is 0.383. The van der Waals surface area contributed by atoms with Gasteiger partial charge >= 0.3 is 0 Å². The summed E-state index contributed by atoms with van der Waals surface area (Å²) in [5.74, 6) is 0.132. The van der Waals surface area contributed by atoms with Crippen molar-refractivity contribution in [2.24, 2.45) is 10.9 Å². The van der Waals surface area contributed by atoms with Crippen molar-refractivity contribution < 1.29 is 5.21 Å². The lowest BCUT2D eigenvalue weighted by molar-refractivity contribution is 0.318. The van der Waals surface area contributed by atoms with Crippen LogP contribution in [-0.2, 0) is 6.54 Å². The fourth-order valence-corrected chi connectivity index (χ4v) is 2.34. The minimum atomic E-state index is 0.132. The van der Waals surface area contributed by atoms with Crippen molar-refractivity contribution >= 4 is 11.5 Å². The third-order valence-electron chi connectivity index (χ3n) is 3.57. The Hall–Kier alpha value is -2.49. The number of benzene rings is 2. The number of oxime groups is 1. The third kappa shape index (κ3) is 3.54. The molecule has 0 spiro atoms. The maximum atomic E-state index is 8.67. The van der Waals surface area contributed by atoms with Crippen molar-refractivity contribution in [1.29, 1.82) is 0 Å². The molecule has 0 aromatic heterocycles. The largest absolute Gasteiger partial charge is 0.409 e. The topological polar surface area (TPSA) is 61.8 Å². The lowest BCUT2D eigenvalue weighted by atomic mass is 10.1. The van der Waals surface area contributed by atoms with Gasteiger partial charge < -0.3 is 15.8 Å². The van der Waals surface area contributed by atoms with E-state index >= 15 is 0 Å². The smallest absolute Gasteiger partial charge is 0.170 e. The number of nitrogens with zero attached hydrogens (tertiary/aromatic N) is 2. The molecule has 0 heterocycles. The average Bonchev–Trinajstić information content (AvgIpc) is 2.53. The van der Waals surface area contributed by atoms with Gasteiger partial charge in [-0.3, -0.25) is 0 Å². The molecule has 0 aliphatic rings. The minimum Gasteiger partial charge on any atom is -0.409 e. The zero-order valence-corrected chi connectivity index (χ0v) is 12.5. The molecule has 0 aliphatic carbocycles. The Morgan fingerprint density at radius 3 is 2.38 bits per heavy atom. The van der Waals surface area contributed by atoms with Crippen LogP contribution in [0.5, 0.6) is 0 Å². The number of para-hydroxylation sites is 1. The molecule has 0 bridgehead atoms. The summed E-state index contributed by atoms with van der Waals surface area (Å²) in [5.41, 5.74) is 10.0. The lowest BCUT2D eigenvalue weighted by Gasteiger charge is -2.25. The SMILES string of the molecule is CCN(Cc1ccc(/C(N)=N/O)cc1)c1ccccc1C. The Morgan fingerprint density at radius 1 is 1.14 bits per heavy atom. The molecular weight excluding hydrogens is 262 g/mol. The summed E-state index contributed by atoms with van der Waals surface area (Å²) in [6.07, 6.45) is 0. The van der Waals surface area contributed by atoms with Crippen molar-refractivity contribution in [2.75, 3.05) is 11.4 Å². The van der Waals surface area contributed by atoms with Crippen LogP contribution >= 0.6 is 0 Å². The second-order valence-electron chi connectivity index (χ2n) is 4.98. The van der Waals surface area contributed by atoms with Crippen molar-refractivity contribution in [1.82, 2.24) is 0 Å². The molecular formula is C17H21N3O. The Morgan fingerprint density at radius 2 is 1.81 bits per heavy atom. The highest BCUT2D eigenvalue weighted by Gasteiger charge is 2.08. The lowest BCUT2D eigenvalue weighted by Crippen LogP contribution is -2.23. The summed E-state index contributed by atoms with van der Waals surface area (Å²) >= 11 is 0. The molecule has 4 heteroatoms. The molecule has 110 valence electrons. The first kappa shape index (κ1) is 14.9. The standard InChI is InChI=1S/C17H21N3O/c1-3-20(16-7-5-4-6-13(16)2)12-14-8-10-15(11-9-14)17(18)19-21/h4-11,21H,3,12H2,1-2H3,(H2,18,19). The van der Waals surface area contributed by atoms with Crippen LogP contribution in [0.1, 0.15) is 23.6 Å². The van der Waals surface area contributed by atoms with Crippen LogP contribution in [-0.4, -0.2) is 17.6 Å². The number of hydrogen-bond acceptors (Lipinski definition) is 3. The Labute approximate surface area is 125 Å². The van der Waals surface area contributed by atoms with Gasteiger partial charge in [-0.25, -0.2) is 0 Å². The van der Waals surface area contributed by atoms with E-state index in [0.717, 1.165) is 18.7 Å². The zero-order chi connectivity index (χ0) is 15.2. The van der Waals surface area contributed by atoms with Gasteiger partial charge in [-0.15, -0.1) is 0 Å². The molecule has 3 N–H and O–H groups in total. The molecule has 21 heavy (non-hydrogen) atoms. The second kappa shape index (κ2) is 6.79. The highest BCUT2D eigenvalue weighted by molar-refractivity contribution is 5.96. The van der Waals surface area contributed by atoms with E-state index in [1.54, 1.807) is 0 Å². The number of anilines is 1. The molecule has 0 saturated carbocycles. The first-order valence-electron chi connectivity index (χ1n) is 7.03. The van der Waals surface area contributed by atoms with Gasteiger partial charge in [0.05, 0.1) is 0 Å². The van der Waals surface area contributed by atoms with E-state index in [0.29, 0.717) is 0 Å². The van der Waals surface area contributed by atoms with Gasteiger partial charge in [0.25, 0.3) is 0 Å². The van der Waals surface area contributed by atoms with Gasteiger partial charge in [-0.1, -0.05) is 47.6 Å². The summed E-state index contributed by atoms with van der Waals surface area (Å²) in [6.45, 7) is 6.04. The number of hydrogen-bond donors (Lipinski definition) is 2. The van der Waals surface area contributed by atoms with E-state index in [1.807, 2.05) is 24.3 Å². The number of rotatable bonds is 5. The van der Waals surface area contributed by atoms with Gasteiger partial charge in [0, 0.05) is 24.3 Å². The summed E-state index contributed by atoms with van der Waals surface area (Å²) in [7, 11) is 0. The third-order valence-corrected chi connectivity index (χ3v) is 3.57. The Bertz CT molecular complexity index is 620. The molecule has 0 saturated heterocycles. The van der Waals surface area contributed by atoms with Crippen LogP contribution < -0.4 is 10.6 Å². The van der Waals surface area contributed by atoms with Gasteiger partial charge in [0.15, 0.2) is 5.84 Å². The van der Waals surface area contributed by atoms with E-state index in [9.17, 15) is 0 Å². The van der Waals surface area contributed by atoms with Gasteiger partial charge in [0.2, 0.25) is 0 Å². The molecule has 0 fully saturated rings. The summed E-state index contributed by atoms with van der Waals surface area (Å²) < 4.78 is 0. The fraction of sp³-hybridized carbons (Fsp3) is 0.235. The van der Waals surface area contributed by atoms with E-state index in [-0.39, 0.29) is 5.84 Å². The number of amidine groups is 1. The van der Waals surface area contributed by atoms with Gasteiger partial charge in [-0.2, -0.15) is 0 Å². The maximum absolute atomic E-state index is 8.67. The first-order chi connectivity index (χ1) is 10.2. The molecule has 4 nitrogen and oxygen atoms in total. The van der Waals surface area contributed by atoms with Crippen LogP contribution in [0, 0.1) is 6.92 Å². The molecule has 2 aromatic rings. The second-order valence-corrected chi connectivity index (χ2v) is 4.98. The normalized spacial score (nSPS) is 11.4. The van der Waals surface area contributed by atoms with Crippen LogP contribution in [0.3, 0.4) is 0 Å². The van der Waals surface area contributed by atoms with Gasteiger partial charge in [-0.05, 0) is 31.0 Å². The van der Waals surface area contributed by atoms with Gasteiger partial charge in [0.1, 0.15) is 0 Å². The van der Waals surface area contributed by atoms with Crippen LogP contribution in [0.25, 0.3) is 0 Å². The number of aryl methyl sites for hydroxylation is 1. The molecule has 0 unspecified atom stereocenters. The van der Waals surface area contributed by atoms with Crippen molar-refractivity contribution in [3.63, 3.8) is 0 Å². The number of nitrogens with two attached hydrogens (primary N) is 1. The van der Waals surface area contributed by atoms with E-state index in [2.05, 4.69) is 48.2 Å². The molecule has 2 aromatic carbocycles. The minimum absolute atomic E-state index is 0.132. The monoisotopic (exact) mass is 283 g/mol. The van der Waals surface area contributed by atoms with Crippen molar-refractivity contribution in [3.8, 4) is 0 Å². The summed E-state index contributed by atoms with van der Waals surface area (Å²) in [4.78, 5) is 2.33. The Balaban J connectivity index is 2.18. The van der Waals surface area contributed by atoms with Crippen molar-refractivity contribution in [2.45, 2.75) is 20.4 Å². The molecule has 0 radical (unpaired) electrons. The molecule has 2 rings (SSSR count). The summed E-state index contributed by atoms with van der Waals surface area (Å²) in [6, 6.07) is 16.1. The maximum Gasteiger partial charge on any atom is 0.170 e. The molecule has 0 atom stereocenters. The van der Waals surface area contributed by atoms with Crippen molar-refractivity contribution in [3.05, 3.63) is 65.2 Å². The highest BCUT2D eigenvalue weighted by Crippen LogP contribution is 2.21. The van der Waals surface area contributed by atoms with E-state index in [1.165, 1.54) is 16.8 Å². The zero-order valence-electron chi connectivity index (χ0n) is 12.5. The van der Waals surface area contributed by atoms with Crippen LogP contribution in [0.2, 0.25) is 0 Å². The average molecular weight is 283 g/mol. The summed E-state index contributed by atoms with van der Waals surface area (Å²) in [5, 5.41) is 11.7. The first-order valence-corrected chi connectivity index (χ1v) is 7.03.